The van der Waals surface area contributed by atoms with E-state index in [1.165, 1.54) is 0 Å². The van der Waals surface area contributed by atoms with Crippen LogP contribution in [0.5, 0.6) is 0 Å². The predicted octanol–water partition coefficient (Wildman–Crippen LogP) is 2.88. The van der Waals surface area contributed by atoms with Gasteiger partial charge in [0.1, 0.15) is 0 Å². The first kappa shape index (κ1) is 16.9. The van der Waals surface area contributed by atoms with E-state index in [4.69, 9.17) is 4.52 Å². The Morgan fingerprint density at radius 2 is 2.27 bits per heavy atom. The third-order valence-corrected chi connectivity index (χ3v) is 4.88. The van der Waals surface area contributed by atoms with Gasteiger partial charge in [0.25, 0.3) is 11.8 Å². The van der Waals surface area contributed by atoms with E-state index < -0.39 is 0 Å². The maximum atomic E-state index is 12.8. The third-order valence-electron chi connectivity index (χ3n) is 4.39. The van der Waals surface area contributed by atoms with Gasteiger partial charge in [0.05, 0.1) is 12.2 Å². The largest absolute Gasteiger partial charge is 0.337 e. The molecule has 4 rings (SSSR count). The first-order valence-corrected chi connectivity index (χ1v) is 9.17. The van der Waals surface area contributed by atoms with Crippen LogP contribution < -0.4 is 0 Å². The van der Waals surface area contributed by atoms with E-state index in [0.29, 0.717) is 29.5 Å². The van der Waals surface area contributed by atoms with Crippen molar-refractivity contribution < 1.29 is 9.32 Å². The zero-order chi connectivity index (χ0) is 18.1. The third kappa shape index (κ3) is 3.39. The standard InChI is InChI=1S/C17H17BrN6O2/c1-11-19-16(26-21-11)15-10-24(22-20-15)14-6-3-7-23(9-14)17(25)12-4-2-5-13(18)8-12/h2,4-5,8,10,14H,3,6-7,9H2,1H3. The van der Waals surface area contributed by atoms with Crippen molar-refractivity contribution in [2.75, 3.05) is 13.1 Å². The van der Waals surface area contributed by atoms with Crippen molar-refractivity contribution >= 4 is 21.8 Å². The summed E-state index contributed by atoms with van der Waals surface area (Å²) in [6, 6.07) is 7.53. The molecule has 26 heavy (non-hydrogen) atoms. The number of halogens is 1. The van der Waals surface area contributed by atoms with Crippen molar-refractivity contribution in [2.45, 2.75) is 25.8 Å². The van der Waals surface area contributed by atoms with Crippen LogP contribution in [0.2, 0.25) is 0 Å². The van der Waals surface area contributed by atoms with Crippen LogP contribution in [0.1, 0.15) is 35.1 Å². The minimum atomic E-state index is 0.0314. The highest BCUT2D eigenvalue weighted by molar-refractivity contribution is 9.10. The molecule has 1 aromatic carbocycles. The van der Waals surface area contributed by atoms with Gasteiger partial charge < -0.3 is 9.42 Å². The zero-order valence-corrected chi connectivity index (χ0v) is 15.8. The summed E-state index contributed by atoms with van der Waals surface area (Å²) in [5, 5.41) is 12.1. The van der Waals surface area contributed by atoms with E-state index in [1.54, 1.807) is 17.8 Å². The Bertz CT molecular complexity index is 937. The quantitative estimate of drug-likeness (QED) is 0.651. The normalized spacial score (nSPS) is 17.5. The van der Waals surface area contributed by atoms with Crippen LogP contribution in [-0.2, 0) is 0 Å². The molecule has 1 unspecified atom stereocenters. The van der Waals surface area contributed by atoms with Crippen LogP contribution in [-0.4, -0.2) is 49.0 Å². The fourth-order valence-electron chi connectivity index (χ4n) is 3.11. The van der Waals surface area contributed by atoms with Gasteiger partial charge in [0.15, 0.2) is 11.5 Å². The van der Waals surface area contributed by atoms with Gasteiger partial charge in [-0.05, 0) is 38.0 Å². The second kappa shape index (κ2) is 6.99. The molecule has 134 valence electrons. The highest BCUT2D eigenvalue weighted by Gasteiger charge is 2.27. The zero-order valence-electron chi connectivity index (χ0n) is 14.2. The molecule has 1 aliphatic heterocycles. The van der Waals surface area contributed by atoms with Crippen LogP contribution in [0.25, 0.3) is 11.6 Å². The van der Waals surface area contributed by atoms with Gasteiger partial charge in [-0.2, -0.15) is 4.98 Å². The van der Waals surface area contributed by atoms with Gasteiger partial charge >= 0.3 is 0 Å². The Morgan fingerprint density at radius 3 is 3.04 bits per heavy atom. The van der Waals surface area contributed by atoms with Crippen LogP contribution in [0.3, 0.4) is 0 Å². The van der Waals surface area contributed by atoms with Crippen molar-refractivity contribution in [2.24, 2.45) is 0 Å². The monoisotopic (exact) mass is 416 g/mol. The lowest BCUT2D eigenvalue weighted by Crippen LogP contribution is -2.40. The maximum Gasteiger partial charge on any atom is 0.280 e. The Balaban J connectivity index is 1.50. The first-order valence-electron chi connectivity index (χ1n) is 8.37. The smallest absolute Gasteiger partial charge is 0.280 e. The highest BCUT2D eigenvalue weighted by Crippen LogP contribution is 2.24. The molecular weight excluding hydrogens is 400 g/mol. The van der Waals surface area contributed by atoms with Gasteiger partial charge in [-0.3, -0.25) is 4.79 Å². The number of nitrogens with zero attached hydrogens (tertiary/aromatic N) is 6. The number of carbonyl (C=O) groups excluding carboxylic acids is 1. The molecule has 0 saturated carbocycles. The van der Waals surface area contributed by atoms with Gasteiger partial charge in [-0.25, -0.2) is 4.68 Å². The minimum absolute atomic E-state index is 0.0314. The van der Waals surface area contributed by atoms with Gasteiger partial charge in [-0.1, -0.05) is 32.4 Å². The van der Waals surface area contributed by atoms with Crippen molar-refractivity contribution in [3.05, 3.63) is 46.3 Å². The maximum absolute atomic E-state index is 12.8. The Morgan fingerprint density at radius 1 is 1.38 bits per heavy atom. The van der Waals surface area contributed by atoms with E-state index in [0.717, 1.165) is 23.9 Å². The summed E-state index contributed by atoms with van der Waals surface area (Å²) >= 11 is 3.42. The second-order valence-electron chi connectivity index (χ2n) is 6.29. The number of carbonyl (C=O) groups is 1. The molecule has 0 radical (unpaired) electrons. The number of amides is 1. The van der Waals surface area contributed by atoms with Gasteiger partial charge in [0.2, 0.25) is 0 Å². The predicted molar refractivity (Wildman–Crippen MR) is 96.4 cm³/mol. The summed E-state index contributed by atoms with van der Waals surface area (Å²) in [5.74, 6) is 0.938. The Kier molecular flexibility index (Phi) is 4.54. The molecule has 1 fully saturated rings. The summed E-state index contributed by atoms with van der Waals surface area (Å²) in [6.07, 6.45) is 3.65. The van der Waals surface area contributed by atoms with Crippen LogP contribution in [0.4, 0.5) is 0 Å². The number of rotatable bonds is 3. The fraction of sp³-hybridized carbons (Fsp3) is 0.353. The van der Waals surface area contributed by atoms with Gasteiger partial charge in [0, 0.05) is 23.1 Å². The van der Waals surface area contributed by atoms with Crippen LogP contribution in [0.15, 0.2) is 39.5 Å². The molecular formula is C17H17BrN6O2. The average molecular weight is 417 g/mol. The Labute approximate surface area is 158 Å². The minimum Gasteiger partial charge on any atom is -0.337 e. The van der Waals surface area contributed by atoms with E-state index in [1.807, 2.05) is 29.2 Å². The summed E-state index contributed by atoms with van der Waals surface area (Å²) in [5.41, 5.74) is 1.22. The summed E-state index contributed by atoms with van der Waals surface area (Å²) in [4.78, 5) is 18.8. The highest BCUT2D eigenvalue weighted by atomic mass is 79.9. The lowest BCUT2D eigenvalue weighted by atomic mass is 10.0. The SMILES string of the molecule is Cc1noc(-c2cn(C3CCCN(C(=O)c4cccc(Br)c4)C3)nn2)n1. The topological polar surface area (TPSA) is 89.9 Å². The molecule has 3 heterocycles. The summed E-state index contributed by atoms with van der Waals surface area (Å²) in [6.45, 7) is 3.09. The molecule has 0 spiro atoms. The van der Waals surface area contributed by atoms with E-state index in [2.05, 4.69) is 36.4 Å². The van der Waals surface area contributed by atoms with E-state index in [9.17, 15) is 4.79 Å². The molecule has 1 aliphatic rings. The van der Waals surface area contributed by atoms with Crippen molar-refractivity contribution in [1.82, 2.24) is 30.0 Å². The second-order valence-corrected chi connectivity index (χ2v) is 7.20. The van der Waals surface area contributed by atoms with E-state index in [-0.39, 0.29) is 11.9 Å². The average Bonchev–Trinajstić information content (AvgIpc) is 3.30. The number of hydrogen-bond donors (Lipinski definition) is 0. The molecule has 0 bridgehead atoms. The summed E-state index contributed by atoms with van der Waals surface area (Å²) in [7, 11) is 0. The molecule has 0 aliphatic carbocycles. The van der Waals surface area contributed by atoms with E-state index >= 15 is 0 Å². The molecule has 1 amide bonds. The molecule has 2 aromatic heterocycles. The molecule has 3 aromatic rings. The summed E-state index contributed by atoms with van der Waals surface area (Å²) < 4.78 is 7.82. The molecule has 1 saturated heterocycles. The van der Waals surface area contributed by atoms with Crippen molar-refractivity contribution in [1.29, 1.82) is 0 Å². The molecule has 0 N–H and O–H groups in total. The lowest BCUT2D eigenvalue weighted by Gasteiger charge is -2.32. The van der Waals surface area contributed by atoms with Crippen molar-refractivity contribution in [3.63, 3.8) is 0 Å². The number of benzene rings is 1. The number of likely N-dealkylation sites (tertiary alicyclic amines) is 1. The number of aryl methyl sites for hydroxylation is 1. The van der Waals surface area contributed by atoms with Crippen LogP contribution >= 0.6 is 15.9 Å². The van der Waals surface area contributed by atoms with Crippen molar-refractivity contribution in [3.8, 4) is 11.6 Å². The molecule has 9 heteroatoms. The number of aromatic nitrogens is 5. The molecule has 8 nitrogen and oxygen atoms in total. The van der Waals surface area contributed by atoms with Crippen LogP contribution in [0, 0.1) is 6.92 Å². The van der Waals surface area contributed by atoms with Gasteiger partial charge in [-0.15, -0.1) is 5.10 Å². The number of hydrogen-bond acceptors (Lipinski definition) is 6. The Hall–Kier alpha value is -2.55. The lowest BCUT2D eigenvalue weighted by molar-refractivity contribution is 0.0672. The molecule has 1 atom stereocenters. The fourth-order valence-corrected chi connectivity index (χ4v) is 3.51. The number of piperidine rings is 1. The first-order chi connectivity index (χ1) is 12.6.